The highest BCUT2D eigenvalue weighted by Crippen LogP contribution is 2.22. The zero-order valence-electron chi connectivity index (χ0n) is 9.90. The molecule has 0 fully saturated rings. The molecule has 2 heterocycles. The van der Waals surface area contributed by atoms with Crippen molar-refractivity contribution in [3.8, 4) is 0 Å². The highest BCUT2D eigenvalue weighted by Gasteiger charge is 1.98. The van der Waals surface area contributed by atoms with Crippen LogP contribution in [0, 0.1) is 0 Å². The minimum atomic E-state index is 0.914. The molecule has 0 aromatic carbocycles. The summed E-state index contributed by atoms with van der Waals surface area (Å²) in [7, 11) is 3.70. The molecule has 0 bridgehead atoms. The van der Waals surface area contributed by atoms with Gasteiger partial charge in [0.05, 0.1) is 0 Å². The summed E-state index contributed by atoms with van der Waals surface area (Å²) in [5.74, 6) is 3.89. The topological polar surface area (TPSA) is 51.6 Å². The van der Waals surface area contributed by atoms with Gasteiger partial charge in [0, 0.05) is 49.1 Å². The Morgan fingerprint density at radius 1 is 0.667 bits per heavy atom. The molecule has 94 valence electrons. The van der Waals surface area contributed by atoms with Crippen molar-refractivity contribution in [2.75, 3.05) is 11.5 Å². The Kier molecular flexibility index (Phi) is 5.94. The number of nitrogens with zero attached hydrogens (tertiary/aromatic N) is 4. The highest BCUT2D eigenvalue weighted by atomic mass is 33.1. The first-order valence-corrected chi connectivity index (χ1v) is 8.20. The summed E-state index contributed by atoms with van der Waals surface area (Å²) in [4.78, 5) is 16.8. The Hall–Kier alpha value is -1.14. The first kappa shape index (κ1) is 13.3. The first-order chi connectivity index (χ1) is 8.95. The van der Waals surface area contributed by atoms with E-state index in [2.05, 4.69) is 19.9 Å². The van der Waals surface area contributed by atoms with Crippen molar-refractivity contribution in [2.45, 2.75) is 12.8 Å². The Balaban J connectivity index is 1.54. The minimum Gasteiger partial charge on any atom is -0.241 e. The lowest BCUT2D eigenvalue weighted by Crippen LogP contribution is -1.96. The molecule has 4 nitrogen and oxygen atoms in total. The Morgan fingerprint density at radius 3 is 1.44 bits per heavy atom. The maximum Gasteiger partial charge on any atom is 0.129 e. The van der Waals surface area contributed by atoms with Gasteiger partial charge in [0.1, 0.15) is 11.6 Å². The summed E-state index contributed by atoms with van der Waals surface area (Å²) in [5, 5.41) is 0. The van der Waals surface area contributed by atoms with E-state index in [1.54, 1.807) is 24.8 Å². The number of aryl methyl sites for hydroxylation is 2. The van der Waals surface area contributed by atoms with Crippen LogP contribution in [0.25, 0.3) is 0 Å². The van der Waals surface area contributed by atoms with Crippen LogP contribution in [0.5, 0.6) is 0 Å². The standard InChI is InChI=1S/C12H14N4S2/c1-5-13-11(14-6-1)3-9-17-18-10-4-12-15-7-2-8-16-12/h1-2,5-8H,3-4,9-10H2. The second-order valence-corrected chi connectivity index (χ2v) is 6.18. The van der Waals surface area contributed by atoms with Gasteiger partial charge in [-0.05, 0) is 12.1 Å². The summed E-state index contributed by atoms with van der Waals surface area (Å²) in [6.07, 6.45) is 8.97. The molecule has 0 saturated carbocycles. The predicted octanol–water partition coefficient (Wildman–Crippen LogP) is 2.43. The van der Waals surface area contributed by atoms with Gasteiger partial charge >= 0.3 is 0 Å². The van der Waals surface area contributed by atoms with E-state index in [4.69, 9.17) is 0 Å². The molecule has 18 heavy (non-hydrogen) atoms. The molecule has 0 amide bonds. The summed E-state index contributed by atoms with van der Waals surface area (Å²) >= 11 is 0. The molecular formula is C12H14N4S2. The largest absolute Gasteiger partial charge is 0.241 e. The van der Waals surface area contributed by atoms with E-state index >= 15 is 0 Å². The van der Waals surface area contributed by atoms with Crippen molar-refractivity contribution in [3.05, 3.63) is 48.6 Å². The van der Waals surface area contributed by atoms with Crippen LogP contribution < -0.4 is 0 Å². The molecule has 2 rings (SSSR count). The van der Waals surface area contributed by atoms with Crippen molar-refractivity contribution in [2.24, 2.45) is 0 Å². The number of rotatable bonds is 7. The van der Waals surface area contributed by atoms with Gasteiger partial charge in [-0.2, -0.15) is 0 Å². The molecular weight excluding hydrogens is 264 g/mol. The summed E-state index contributed by atoms with van der Waals surface area (Å²) in [6, 6.07) is 3.68. The van der Waals surface area contributed by atoms with Gasteiger partial charge in [0.25, 0.3) is 0 Å². The van der Waals surface area contributed by atoms with Crippen LogP contribution in [-0.4, -0.2) is 31.4 Å². The van der Waals surface area contributed by atoms with Gasteiger partial charge < -0.3 is 0 Å². The van der Waals surface area contributed by atoms with Crippen LogP contribution in [0.3, 0.4) is 0 Å². The fourth-order valence-electron chi connectivity index (χ4n) is 1.30. The second kappa shape index (κ2) is 8.05. The van der Waals surface area contributed by atoms with Gasteiger partial charge in [-0.3, -0.25) is 0 Å². The van der Waals surface area contributed by atoms with Gasteiger partial charge in [-0.25, -0.2) is 19.9 Å². The maximum absolute atomic E-state index is 4.19. The van der Waals surface area contributed by atoms with E-state index in [1.165, 1.54) is 0 Å². The highest BCUT2D eigenvalue weighted by molar-refractivity contribution is 8.76. The SMILES string of the molecule is c1cnc(CCSSCCc2ncccn2)nc1. The fraction of sp³-hybridized carbons (Fsp3) is 0.333. The van der Waals surface area contributed by atoms with Crippen LogP contribution >= 0.6 is 21.6 Å². The van der Waals surface area contributed by atoms with Crippen LogP contribution in [-0.2, 0) is 12.8 Å². The number of aromatic nitrogens is 4. The number of hydrogen-bond donors (Lipinski definition) is 0. The second-order valence-electron chi connectivity index (χ2n) is 3.47. The molecule has 0 unspecified atom stereocenters. The molecule has 0 saturated heterocycles. The van der Waals surface area contributed by atoms with Gasteiger partial charge in [0.15, 0.2) is 0 Å². The summed E-state index contributed by atoms with van der Waals surface area (Å²) < 4.78 is 0. The molecule has 0 radical (unpaired) electrons. The van der Waals surface area contributed by atoms with Crippen LogP contribution in [0.2, 0.25) is 0 Å². The first-order valence-electron chi connectivity index (χ1n) is 5.71. The van der Waals surface area contributed by atoms with Gasteiger partial charge in [-0.15, -0.1) is 0 Å². The van der Waals surface area contributed by atoms with E-state index in [1.807, 2.05) is 33.7 Å². The lowest BCUT2D eigenvalue weighted by Gasteiger charge is -2.00. The van der Waals surface area contributed by atoms with Gasteiger partial charge in [0.2, 0.25) is 0 Å². The lowest BCUT2D eigenvalue weighted by molar-refractivity contribution is 0.946. The fourth-order valence-corrected chi connectivity index (χ4v) is 3.28. The lowest BCUT2D eigenvalue weighted by atomic mass is 10.4. The zero-order chi connectivity index (χ0) is 12.5. The maximum atomic E-state index is 4.19. The van der Waals surface area contributed by atoms with E-state index in [0.717, 1.165) is 36.0 Å². The van der Waals surface area contributed by atoms with Crippen molar-refractivity contribution < 1.29 is 0 Å². The van der Waals surface area contributed by atoms with Crippen molar-refractivity contribution in [1.29, 1.82) is 0 Å². The molecule has 2 aromatic heterocycles. The Morgan fingerprint density at radius 2 is 1.06 bits per heavy atom. The van der Waals surface area contributed by atoms with E-state index in [9.17, 15) is 0 Å². The molecule has 0 aliphatic carbocycles. The van der Waals surface area contributed by atoms with Crippen LogP contribution in [0.1, 0.15) is 11.6 Å². The van der Waals surface area contributed by atoms with Gasteiger partial charge in [-0.1, -0.05) is 21.6 Å². The quantitative estimate of drug-likeness (QED) is 0.573. The van der Waals surface area contributed by atoms with Crippen molar-refractivity contribution in [1.82, 2.24) is 19.9 Å². The third kappa shape index (κ3) is 5.01. The van der Waals surface area contributed by atoms with Crippen LogP contribution in [0.15, 0.2) is 36.9 Å². The van der Waals surface area contributed by atoms with Crippen LogP contribution in [0.4, 0.5) is 0 Å². The average Bonchev–Trinajstić information content (AvgIpc) is 2.45. The predicted molar refractivity (Wildman–Crippen MR) is 76.4 cm³/mol. The van der Waals surface area contributed by atoms with E-state index < -0.39 is 0 Å². The van der Waals surface area contributed by atoms with E-state index in [-0.39, 0.29) is 0 Å². The minimum absolute atomic E-state index is 0.914. The Bertz CT molecular complexity index is 395. The molecule has 2 aromatic rings. The summed E-state index contributed by atoms with van der Waals surface area (Å²) in [6.45, 7) is 0. The molecule has 6 heteroatoms. The van der Waals surface area contributed by atoms with Crippen molar-refractivity contribution in [3.63, 3.8) is 0 Å². The molecule has 0 spiro atoms. The monoisotopic (exact) mass is 278 g/mol. The molecule has 0 aliphatic rings. The zero-order valence-corrected chi connectivity index (χ0v) is 11.5. The van der Waals surface area contributed by atoms with Crippen molar-refractivity contribution >= 4 is 21.6 Å². The van der Waals surface area contributed by atoms with E-state index in [0.29, 0.717) is 0 Å². The molecule has 0 aliphatic heterocycles. The average molecular weight is 278 g/mol. The third-order valence-electron chi connectivity index (χ3n) is 2.14. The Labute approximate surface area is 114 Å². The molecule has 0 atom stereocenters. The normalized spacial score (nSPS) is 10.4. The number of hydrogen-bond acceptors (Lipinski definition) is 6. The smallest absolute Gasteiger partial charge is 0.129 e. The third-order valence-corrected chi connectivity index (χ3v) is 4.55. The summed E-state index contributed by atoms with van der Waals surface area (Å²) in [5.41, 5.74) is 0. The molecule has 0 N–H and O–H groups in total.